The van der Waals surface area contributed by atoms with Gasteiger partial charge >= 0.3 is 5.97 Å². The van der Waals surface area contributed by atoms with Crippen molar-refractivity contribution in [2.75, 3.05) is 5.32 Å². The highest BCUT2D eigenvalue weighted by molar-refractivity contribution is 5.94. The van der Waals surface area contributed by atoms with Crippen LogP contribution in [0, 0.1) is 6.42 Å². The second kappa shape index (κ2) is 6.53. The van der Waals surface area contributed by atoms with Crippen molar-refractivity contribution in [3.8, 4) is 0 Å². The van der Waals surface area contributed by atoms with Crippen LogP contribution in [0.15, 0.2) is 49.6 Å². The third-order valence-corrected chi connectivity index (χ3v) is 2.34. The summed E-state index contributed by atoms with van der Waals surface area (Å²) < 4.78 is 0. The van der Waals surface area contributed by atoms with Crippen LogP contribution in [0.25, 0.3) is 0 Å². The Labute approximate surface area is 101 Å². The van der Waals surface area contributed by atoms with Gasteiger partial charge in [-0.3, -0.25) is 0 Å². The van der Waals surface area contributed by atoms with Crippen LogP contribution in [-0.4, -0.2) is 17.1 Å². The molecule has 0 aromatic heterocycles. The zero-order valence-electron chi connectivity index (χ0n) is 9.60. The molecule has 1 atom stereocenters. The van der Waals surface area contributed by atoms with Gasteiger partial charge in [0, 0.05) is 11.7 Å². The highest BCUT2D eigenvalue weighted by Gasteiger charge is 2.11. The van der Waals surface area contributed by atoms with Gasteiger partial charge in [0.2, 0.25) is 0 Å². The van der Waals surface area contributed by atoms with Crippen molar-refractivity contribution in [1.82, 2.24) is 0 Å². The number of carbonyl (C=O) groups is 1. The molecule has 0 aliphatic carbocycles. The minimum atomic E-state index is -0.941. The summed E-state index contributed by atoms with van der Waals surface area (Å²) in [6.45, 7) is 7.33. The molecule has 1 unspecified atom stereocenters. The van der Waals surface area contributed by atoms with E-state index in [-0.39, 0.29) is 11.6 Å². The molecular weight excluding hydrogens is 214 g/mol. The van der Waals surface area contributed by atoms with E-state index in [0.717, 1.165) is 6.42 Å². The molecule has 0 amide bonds. The molecule has 0 heterocycles. The summed E-state index contributed by atoms with van der Waals surface area (Å²) >= 11 is 0. The smallest absolute Gasteiger partial charge is 0.337 e. The van der Waals surface area contributed by atoms with Crippen LogP contribution in [0.3, 0.4) is 0 Å². The number of carboxylic acid groups (broad SMARTS) is 1. The van der Waals surface area contributed by atoms with Crippen LogP contribution < -0.4 is 5.32 Å². The zero-order chi connectivity index (χ0) is 12.7. The molecular formula is C14H16NO2. The number of nitrogens with one attached hydrogen (secondary N) is 1. The maximum atomic E-state index is 11.0. The van der Waals surface area contributed by atoms with E-state index in [1.54, 1.807) is 36.4 Å². The lowest BCUT2D eigenvalue weighted by atomic mass is 10.1. The Hall–Kier alpha value is -2.03. The highest BCUT2D eigenvalue weighted by atomic mass is 16.4. The van der Waals surface area contributed by atoms with E-state index in [1.807, 2.05) is 6.42 Å². The summed E-state index contributed by atoms with van der Waals surface area (Å²) in [5, 5.41) is 12.2. The van der Waals surface area contributed by atoms with Crippen molar-refractivity contribution in [2.24, 2.45) is 0 Å². The molecule has 0 fully saturated rings. The van der Waals surface area contributed by atoms with Gasteiger partial charge in [-0.15, -0.1) is 13.2 Å². The first kappa shape index (κ1) is 13.0. The SMILES string of the molecule is C=C[CH]CC(C=C)Nc1ccccc1C(=O)O. The van der Waals surface area contributed by atoms with E-state index in [2.05, 4.69) is 18.5 Å². The molecule has 1 radical (unpaired) electrons. The number of hydrogen-bond acceptors (Lipinski definition) is 2. The van der Waals surface area contributed by atoms with Gasteiger partial charge in [-0.25, -0.2) is 4.79 Å². The molecule has 3 heteroatoms. The van der Waals surface area contributed by atoms with Crippen molar-refractivity contribution >= 4 is 11.7 Å². The standard InChI is InChI=1S/C14H16NO2/c1-3-5-8-11(4-2)15-13-10-7-6-9-12(13)14(16)17/h3-7,9-11,15H,1-2,8H2,(H,16,17). The first-order chi connectivity index (χ1) is 8.19. The van der Waals surface area contributed by atoms with Gasteiger partial charge in [0.25, 0.3) is 0 Å². The van der Waals surface area contributed by atoms with Crippen LogP contribution in [0.1, 0.15) is 16.8 Å². The molecule has 1 aromatic rings. The Balaban J connectivity index is 2.81. The molecule has 0 saturated heterocycles. The Morgan fingerprint density at radius 3 is 2.71 bits per heavy atom. The maximum Gasteiger partial charge on any atom is 0.337 e. The lowest BCUT2D eigenvalue weighted by Crippen LogP contribution is -2.18. The number of carboxylic acids is 1. The fraction of sp³-hybridized carbons (Fsp3) is 0.143. The average molecular weight is 230 g/mol. The van der Waals surface area contributed by atoms with E-state index < -0.39 is 5.97 Å². The van der Waals surface area contributed by atoms with Gasteiger partial charge in [0.1, 0.15) is 0 Å². The van der Waals surface area contributed by atoms with Gasteiger partial charge in [0.05, 0.1) is 5.56 Å². The maximum absolute atomic E-state index is 11.0. The average Bonchev–Trinajstić information content (AvgIpc) is 2.34. The molecule has 1 aromatic carbocycles. The summed E-state index contributed by atoms with van der Waals surface area (Å²) in [4.78, 5) is 11.0. The molecule has 1 rings (SSSR count). The number of para-hydroxylation sites is 1. The summed E-state index contributed by atoms with van der Waals surface area (Å²) in [7, 11) is 0. The molecule has 2 N–H and O–H groups in total. The lowest BCUT2D eigenvalue weighted by Gasteiger charge is -2.16. The van der Waals surface area contributed by atoms with E-state index in [0.29, 0.717) is 5.69 Å². The van der Waals surface area contributed by atoms with Crippen LogP contribution in [-0.2, 0) is 0 Å². The van der Waals surface area contributed by atoms with Crippen LogP contribution in [0.5, 0.6) is 0 Å². The Bertz CT molecular complexity index is 412. The molecule has 3 nitrogen and oxygen atoms in total. The number of benzene rings is 1. The van der Waals surface area contributed by atoms with Gasteiger partial charge < -0.3 is 10.4 Å². The third kappa shape index (κ3) is 3.79. The molecule has 0 spiro atoms. The fourth-order valence-corrected chi connectivity index (χ4v) is 1.45. The first-order valence-corrected chi connectivity index (χ1v) is 5.34. The topological polar surface area (TPSA) is 49.3 Å². The molecule has 0 saturated carbocycles. The van der Waals surface area contributed by atoms with Crippen LogP contribution in [0.4, 0.5) is 5.69 Å². The van der Waals surface area contributed by atoms with Gasteiger partial charge in [-0.2, -0.15) is 0 Å². The van der Waals surface area contributed by atoms with Gasteiger partial charge in [-0.05, 0) is 25.0 Å². The van der Waals surface area contributed by atoms with Crippen molar-refractivity contribution in [3.63, 3.8) is 0 Å². The normalized spacial score (nSPS) is 11.5. The van der Waals surface area contributed by atoms with Crippen molar-refractivity contribution < 1.29 is 9.90 Å². The lowest BCUT2D eigenvalue weighted by molar-refractivity contribution is 0.0698. The molecule has 89 valence electrons. The quantitative estimate of drug-likeness (QED) is 0.707. The van der Waals surface area contributed by atoms with Crippen molar-refractivity contribution in [3.05, 3.63) is 61.6 Å². The van der Waals surface area contributed by atoms with E-state index in [1.165, 1.54) is 0 Å². The molecule has 0 bridgehead atoms. The zero-order valence-corrected chi connectivity index (χ0v) is 9.60. The Morgan fingerprint density at radius 2 is 2.12 bits per heavy atom. The van der Waals surface area contributed by atoms with Crippen LogP contribution >= 0.6 is 0 Å². The second-order valence-corrected chi connectivity index (χ2v) is 3.54. The predicted octanol–water partition coefficient (Wildman–Crippen LogP) is 3.13. The van der Waals surface area contributed by atoms with E-state index in [4.69, 9.17) is 5.11 Å². The minimum absolute atomic E-state index is 0.00602. The summed E-state index contributed by atoms with van der Waals surface area (Å²) in [5.74, 6) is -0.941. The molecule has 0 aliphatic heterocycles. The number of aromatic carboxylic acids is 1. The summed E-state index contributed by atoms with van der Waals surface area (Å²) in [5.41, 5.74) is 0.861. The van der Waals surface area contributed by atoms with Crippen LogP contribution in [0.2, 0.25) is 0 Å². The van der Waals surface area contributed by atoms with E-state index >= 15 is 0 Å². The van der Waals surface area contributed by atoms with E-state index in [9.17, 15) is 4.79 Å². The van der Waals surface area contributed by atoms with Crippen molar-refractivity contribution in [2.45, 2.75) is 12.5 Å². The molecule has 17 heavy (non-hydrogen) atoms. The number of hydrogen-bond donors (Lipinski definition) is 2. The van der Waals surface area contributed by atoms with Gasteiger partial charge in [0.15, 0.2) is 0 Å². The number of rotatable bonds is 7. The Morgan fingerprint density at radius 1 is 1.41 bits per heavy atom. The summed E-state index contributed by atoms with van der Waals surface area (Å²) in [6, 6.07) is 6.81. The largest absolute Gasteiger partial charge is 0.478 e. The second-order valence-electron chi connectivity index (χ2n) is 3.54. The minimum Gasteiger partial charge on any atom is -0.478 e. The van der Waals surface area contributed by atoms with Crippen molar-refractivity contribution in [1.29, 1.82) is 0 Å². The Kier molecular flexibility index (Phi) is 5.01. The summed E-state index contributed by atoms with van der Waals surface area (Å²) in [6.07, 6.45) is 6.09. The predicted molar refractivity (Wildman–Crippen MR) is 70.1 cm³/mol. The fourth-order valence-electron chi connectivity index (χ4n) is 1.45. The van der Waals surface area contributed by atoms with Gasteiger partial charge in [-0.1, -0.05) is 24.3 Å². The number of anilines is 1. The molecule has 0 aliphatic rings. The monoisotopic (exact) mass is 230 g/mol. The first-order valence-electron chi connectivity index (χ1n) is 5.34. The number of allylic oxidation sites excluding steroid dienone is 1. The highest BCUT2D eigenvalue weighted by Crippen LogP contribution is 2.17. The third-order valence-electron chi connectivity index (χ3n) is 2.34.